The first kappa shape index (κ1) is 8.55. The van der Waals surface area contributed by atoms with Crippen molar-refractivity contribution in [2.24, 2.45) is 11.8 Å². The van der Waals surface area contributed by atoms with Crippen LogP contribution in [-0.4, -0.2) is 5.94 Å². The van der Waals surface area contributed by atoms with E-state index in [1.54, 1.807) is 0 Å². The topological polar surface area (TPSA) is 17.1 Å². The van der Waals surface area contributed by atoms with Crippen LogP contribution in [0.4, 0.5) is 0 Å². The number of hydrogen-bond donors (Lipinski definition) is 0. The lowest BCUT2D eigenvalue weighted by molar-refractivity contribution is 0.311. The minimum atomic E-state index is 0.781. The third-order valence-corrected chi connectivity index (χ3v) is 2.72. The van der Waals surface area contributed by atoms with E-state index in [0.717, 1.165) is 30.3 Å². The van der Waals surface area contributed by atoms with Crippen molar-refractivity contribution >= 4 is 5.94 Å². The fourth-order valence-electron chi connectivity index (χ4n) is 1.76. The second-order valence-electron chi connectivity index (χ2n) is 3.79. The first-order valence-electron chi connectivity index (χ1n) is 4.47. The van der Waals surface area contributed by atoms with Crippen LogP contribution < -0.4 is 0 Å². The fourth-order valence-corrected chi connectivity index (χ4v) is 1.76. The van der Waals surface area contributed by atoms with Gasteiger partial charge >= 0.3 is 0 Å². The van der Waals surface area contributed by atoms with E-state index in [1.807, 2.05) is 5.94 Å². The molecule has 0 saturated heterocycles. The summed E-state index contributed by atoms with van der Waals surface area (Å²) in [5, 5.41) is 0. The van der Waals surface area contributed by atoms with Crippen LogP contribution in [-0.2, 0) is 4.79 Å². The van der Waals surface area contributed by atoms with Crippen molar-refractivity contribution in [2.45, 2.75) is 39.5 Å². The van der Waals surface area contributed by atoms with Gasteiger partial charge in [-0.3, -0.25) is 0 Å². The Hall–Kier alpha value is -0.550. The molecule has 0 bridgehead atoms. The molecule has 0 radical (unpaired) electrons. The van der Waals surface area contributed by atoms with Gasteiger partial charge < -0.3 is 0 Å². The normalized spacial score (nSPS) is 25.4. The maximum absolute atomic E-state index is 10.3. The van der Waals surface area contributed by atoms with Gasteiger partial charge in [0.05, 0.1) is 0 Å². The van der Waals surface area contributed by atoms with Crippen molar-refractivity contribution in [2.75, 3.05) is 0 Å². The summed E-state index contributed by atoms with van der Waals surface area (Å²) in [5.41, 5.74) is 1.00. The van der Waals surface area contributed by atoms with Crippen molar-refractivity contribution in [3.05, 3.63) is 5.57 Å². The largest absolute Gasteiger partial charge is 0.234 e. The molecule has 0 spiro atoms. The molecule has 1 aliphatic carbocycles. The predicted octanol–water partition coefficient (Wildman–Crippen LogP) is 2.59. The Morgan fingerprint density at radius 1 is 1.36 bits per heavy atom. The lowest BCUT2D eigenvalue weighted by Gasteiger charge is -2.25. The average molecular weight is 152 g/mol. The molecule has 1 saturated carbocycles. The van der Waals surface area contributed by atoms with Gasteiger partial charge in [-0.1, -0.05) is 13.8 Å². The Labute approximate surface area is 68.5 Å². The Bertz CT molecular complexity index is 165. The van der Waals surface area contributed by atoms with E-state index in [1.165, 1.54) is 12.8 Å². The standard InChI is InChI=1S/C10H16O/c1-8(2)10-5-3-9(7-11)4-6-10/h8,10H,3-6H2,1-2H3. The van der Waals surface area contributed by atoms with Crippen molar-refractivity contribution in [3.63, 3.8) is 0 Å². The van der Waals surface area contributed by atoms with Crippen LogP contribution in [0.5, 0.6) is 0 Å². The van der Waals surface area contributed by atoms with E-state index in [0.29, 0.717) is 0 Å². The SMILES string of the molecule is CC(C)C1CCC(=C=O)CC1. The van der Waals surface area contributed by atoms with E-state index in [2.05, 4.69) is 13.8 Å². The quantitative estimate of drug-likeness (QED) is 0.528. The third-order valence-electron chi connectivity index (χ3n) is 2.72. The summed E-state index contributed by atoms with van der Waals surface area (Å²) in [7, 11) is 0. The van der Waals surface area contributed by atoms with Gasteiger partial charge in [-0.25, -0.2) is 4.79 Å². The molecule has 0 aromatic rings. The summed E-state index contributed by atoms with van der Waals surface area (Å²) in [5.74, 6) is 3.65. The molecule has 0 unspecified atom stereocenters. The van der Waals surface area contributed by atoms with E-state index in [4.69, 9.17) is 0 Å². The summed E-state index contributed by atoms with van der Waals surface area (Å²) in [6, 6.07) is 0. The lowest BCUT2D eigenvalue weighted by atomic mass is 9.80. The first-order chi connectivity index (χ1) is 5.24. The minimum Gasteiger partial charge on any atom is -0.234 e. The summed E-state index contributed by atoms with van der Waals surface area (Å²) >= 11 is 0. The van der Waals surface area contributed by atoms with E-state index in [-0.39, 0.29) is 0 Å². The molecule has 1 fully saturated rings. The maximum atomic E-state index is 10.3. The molecular formula is C10H16O. The number of hydrogen-bond acceptors (Lipinski definition) is 1. The summed E-state index contributed by atoms with van der Waals surface area (Å²) in [4.78, 5) is 10.3. The molecule has 0 N–H and O–H groups in total. The van der Waals surface area contributed by atoms with Crippen LogP contribution >= 0.6 is 0 Å². The van der Waals surface area contributed by atoms with Gasteiger partial charge in [-0.05, 0) is 37.5 Å². The highest BCUT2D eigenvalue weighted by Gasteiger charge is 2.19. The lowest BCUT2D eigenvalue weighted by Crippen LogP contribution is -2.13. The van der Waals surface area contributed by atoms with Crippen LogP contribution in [0, 0.1) is 11.8 Å². The highest BCUT2D eigenvalue weighted by molar-refractivity contribution is 5.52. The Balaban J connectivity index is 2.42. The van der Waals surface area contributed by atoms with Gasteiger partial charge in [0.25, 0.3) is 0 Å². The van der Waals surface area contributed by atoms with E-state index < -0.39 is 0 Å². The van der Waals surface area contributed by atoms with Crippen LogP contribution in [0.3, 0.4) is 0 Å². The van der Waals surface area contributed by atoms with Gasteiger partial charge in [0, 0.05) is 5.57 Å². The number of rotatable bonds is 1. The molecule has 1 nitrogen and oxygen atoms in total. The summed E-state index contributed by atoms with van der Waals surface area (Å²) < 4.78 is 0. The van der Waals surface area contributed by atoms with E-state index in [9.17, 15) is 4.79 Å². The zero-order valence-electron chi connectivity index (χ0n) is 7.39. The summed E-state index contributed by atoms with van der Waals surface area (Å²) in [6.07, 6.45) is 4.38. The van der Waals surface area contributed by atoms with Gasteiger partial charge in [-0.15, -0.1) is 0 Å². The maximum Gasteiger partial charge on any atom is 0.123 e. The Morgan fingerprint density at radius 3 is 2.27 bits per heavy atom. The van der Waals surface area contributed by atoms with Crippen LogP contribution in [0.2, 0.25) is 0 Å². The van der Waals surface area contributed by atoms with Crippen LogP contribution in [0.15, 0.2) is 5.57 Å². The molecule has 62 valence electrons. The van der Waals surface area contributed by atoms with Crippen LogP contribution in [0.1, 0.15) is 39.5 Å². The predicted molar refractivity (Wildman–Crippen MR) is 46.0 cm³/mol. The molecule has 0 aliphatic heterocycles. The zero-order valence-corrected chi connectivity index (χ0v) is 7.39. The van der Waals surface area contributed by atoms with Gasteiger partial charge in [-0.2, -0.15) is 0 Å². The highest BCUT2D eigenvalue weighted by Crippen LogP contribution is 2.31. The monoisotopic (exact) mass is 152 g/mol. The number of allylic oxidation sites excluding steroid dienone is 1. The fraction of sp³-hybridized carbons (Fsp3) is 0.800. The Kier molecular flexibility index (Phi) is 2.90. The van der Waals surface area contributed by atoms with Crippen molar-refractivity contribution in [3.8, 4) is 0 Å². The van der Waals surface area contributed by atoms with Crippen molar-refractivity contribution in [1.29, 1.82) is 0 Å². The molecule has 0 aromatic carbocycles. The average Bonchev–Trinajstić information content (AvgIpc) is 2.05. The molecule has 1 rings (SSSR count). The molecule has 0 aromatic heterocycles. The smallest absolute Gasteiger partial charge is 0.123 e. The molecule has 11 heavy (non-hydrogen) atoms. The zero-order chi connectivity index (χ0) is 8.27. The molecule has 0 amide bonds. The molecule has 1 heteroatoms. The van der Waals surface area contributed by atoms with Crippen molar-refractivity contribution < 1.29 is 4.79 Å². The minimum absolute atomic E-state index is 0.781. The first-order valence-corrected chi connectivity index (χ1v) is 4.47. The van der Waals surface area contributed by atoms with Crippen LogP contribution in [0.25, 0.3) is 0 Å². The van der Waals surface area contributed by atoms with E-state index >= 15 is 0 Å². The Morgan fingerprint density at radius 2 is 1.91 bits per heavy atom. The van der Waals surface area contributed by atoms with Gasteiger partial charge in [0.1, 0.15) is 5.94 Å². The van der Waals surface area contributed by atoms with Gasteiger partial charge in [0.2, 0.25) is 0 Å². The van der Waals surface area contributed by atoms with Gasteiger partial charge in [0.15, 0.2) is 0 Å². The third kappa shape index (κ3) is 2.20. The van der Waals surface area contributed by atoms with Crippen molar-refractivity contribution in [1.82, 2.24) is 0 Å². The second kappa shape index (κ2) is 3.73. The second-order valence-corrected chi connectivity index (χ2v) is 3.79. The molecular weight excluding hydrogens is 136 g/mol. The summed E-state index contributed by atoms with van der Waals surface area (Å²) in [6.45, 7) is 4.53. The molecule has 1 aliphatic rings. The molecule has 0 heterocycles. The highest BCUT2D eigenvalue weighted by atomic mass is 16.1. The number of carbonyl (C=O) groups excluding carboxylic acids is 1. The molecule has 0 atom stereocenters.